The molecule has 1 aliphatic rings. The van der Waals surface area contributed by atoms with Crippen LogP contribution in [0, 0.1) is 10.1 Å². The molecular formula is C15H11NO3S. The molecule has 1 aromatic carbocycles. The highest BCUT2D eigenvalue weighted by Gasteiger charge is 2.21. The van der Waals surface area contributed by atoms with Crippen molar-refractivity contribution in [3.8, 4) is 0 Å². The smallest absolute Gasteiger partial charge is 0.289 e. The van der Waals surface area contributed by atoms with Crippen molar-refractivity contribution in [2.75, 3.05) is 0 Å². The number of carbonyl (C=O) groups excluding carboxylic acids is 1. The van der Waals surface area contributed by atoms with Crippen LogP contribution in [0.15, 0.2) is 41.3 Å². The largest absolute Gasteiger partial charge is 0.324 e. The van der Waals surface area contributed by atoms with Crippen LogP contribution in [-0.4, -0.2) is 10.7 Å². The summed E-state index contributed by atoms with van der Waals surface area (Å²) >= 11 is 1.08. The van der Waals surface area contributed by atoms with Crippen LogP contribution < -0.4 is 0 Å². The predicted octanol–water partition coefficient (Wildman–Crippen LogP) is 3.87. The second kappa shape index (κ2) is 5.02. The molecule has 3 rings (SSSR count). The lowest BCUT2D eigenvalue weighted by atomic mass is 9.86. The molecule has 20 heavy (non-hydrogen) atoms. The minimum Gasteiger partial charge on any atom is -0.289 e. The Bertz CT molecular complexity index is 730. The van der Waals surface area contributed by atoms with E-state index in [1.165, 1.54) is 6.07 Å². The van der Waals surface area contributed by atoms with Gasteiger partial charge in [-0.2, -0.15) is 0 Å². The van der Waals surface area contributed by atoms with Crippen molar-refractivity contribution in [1.29, 1.82) is 0 Å². The zero-order valence-electron chi connectivity index (χ0n) is 10.5. The Hall–Kier alpha value is -2.27. The summed E-state index contributed by atoms with van der Waals surface area (Å²) in [5.41, 5.74) is 3.27. The fourth-order valence-electron chi connectivity index (χ4n) is 2.37. The van der Waals surface area contributed by atoms with Gasteiger partial charge in [0, 0.05) is 22.6 Å². The van der Waals surface area contributed by atoms with Gasteiger partial charge < -0.3 is 0 Å². The number of allylic oxidation sites excluding steroid dienone is 1. The maximum absolute atomic E-state index is 12.4. The number of fused-ring (bicyclic) bond motifs is 1. The Labute approximate surface area is 119 Å². The first-order valence-electron chi connectivity index (χ1n) is 6.21. The molecular weight excluding hydrogens is 274 g/mol. The lowest BCUT2D eigenvalue weighted by Gasteiger charge is -2.16. The van der Waals surface area contributed by atoms with Crippen LogP contribution in [0.1, 0.15) is 27.9 Å². The maximum atomic E-state index is 12.4. The summed E-state index contributed by atoms with van der Waals surface area (Å²) in [6, 6.07) is 9.10. The topological polar surface area (TPSA) is 60.2 Å². The molecule has 0 unspecified atom stereocenters. The number of rotatable bonds is 2. The lowest BCUT2D eigenvalue weighted by molar-refractivity contribution is -0.380. The second-order valence-electron chi connectivity index (χ2n) is 4.63. The predicted molar refractivity (Wildman–Crippen MR) is 78.0 cm³/mol. The van der Waals surface area contributed by atoms with E-state index in [4.69, 9.17) is 0 Å². The van der Waals surface area contributed by atoms with Crippen LogP contribution in [0.3, 0.4) is 0 Å². The van der Waals surface area contributed by atoms with E-state index in [2.05, 4.69) is 0 Å². The van der Waals surface area contributed by atoms with Crippen molar-refractivity contribution in [1.82, 2.24) is 0 Å². The van der Waals surface area contributed by atoms with Gasteiger partial charge in [0.1, 0.15) is 0 Å². The molecule has 0 spiro atoms. The third kappa shape index (κ3) is 2.28. The Morgan fingerprint density at radius 2 is 2.05 bits per heavy atom. The summed E-state index contributed by atoms with van der Waals surface area (Å²) in [6.07, 6.45) is 3.28. The van der Waals surface area contributed by atoms with Crippen molar-refractivity contribution in [3.05, 3.63) is 68.1 Å². The number of benzene rings is 1. The minimum absolute atomic E-state index is 0.0284. The molecule has 0 saturated carbocycles. The maximum Gasteiger partial charge on any atom is 0.324 e. The number of hydrogen-bond donors (Lipinski definition) is 0. The number of ketones is 1. The summed E-state index contributed by atoms with van der Waals surface area (Å²) in [6.45, 7) is 0. The number of nitro groups is 1. The Morgan fingerprint density at radius 1 is 1.25 bits per heavy atom. The molecule has 0 N–H and O–H groups in total. The van der Waals surface area contributed by atoms with Gasteiger partial charge in [-0.1, -0.05) is 35.6 Å². The number of nitrogens with zero attached hydrogens (tertiary/aromatic N) is 1. The molecule has 4 nitrogen and oxygen atoms in total. The molecule has 0 saturated heterocycles. The lowest BCUT2D eigenvalue weighted by Crippen LogP contribution is -2.13. The average Bonchev–Trinajstić information content (AvgIpc) is 2.91. The van der Waals surface area contributed by atoms with E-state index in [0.29, 0.717) is 6.42 Å². The van der Waals surface area contributed by atoms with Crippen molar-refractivity contribution in [3.63, 3.8) is 0 Å². The summed E-state index contributed by atoms with van der Waals surface area (Å²) in [4.78, 5) is 22.6. The third-order valence-electron chi connectivity index (χ3n) is 3.34. The van der Waals surface area contributed by atoms with Crippen LogP contribution in [0.2, 0.25) is 0 Å². The molecule has 100 valence electrons. The van der Waals surface area contributed by atoms with Crippen molar-refractivity contribution in [2.45, 2.75) is 12.8 Å². The standard InChI is InChI=1S/C15H11NO3S/c17-15-12(6-5-11-3-1-2-4-13(11)15)7-10-8-14(16(18)19)20-9-10/h1-4,7-9H,5-6H2/b12-7-. The molecule has 0 atom stereocenters. The van der Waals surface area contributed by atoms with Gasteiger partial charge in [-0.3, -0.25) is 14.9 Å². The fraction of sp³-hybridized carbons (Fsp3) is 0.133. The van der Waals surface area contributed by atoms with Crippen LogP contribution >= 0.6 is 11.3 Å². The van der Waals surface area contributed by atoms with E-state index in [-0.39, 0.29) is 10.8 Å². The van der Waals surface area contributed by atoms with Crippen LogP contribution in [0.5, 0.6) is 0 Å². The molecule has 1 aromatic heterocycles. The minimum atomic E-state index is -0.412. The van der Waals surface area contributed by atoms with Crippen LogP contribution in [0.4, 0.5) is 5.00 Å². The Balaban J connectivity index is 1.93. The van der Waals surface area contributed by atoms with E-state index < -0.39 is 4.92 Å². The molecule has 0 radical (unpaired) electrons. The fourth-order valence-corrected chi connectivity index (χ4v) is 3.05. The normalized spacial score (nSPS) is 16.2. The highest BCUT2D eigenvalue weighted by atomic mass is 32.1. The molecule has 0 amide bonds. The molecule has 5 heteroatoms. The third-order valence-corrected chi connectivity index (χ3v) is 4.24. The highest BCUT2D eigenvalue weighted by Crippen LogP contribution is 2.29. The number of hydrogen-bond acceptors (Lipinski definition) is 4. The van der Waals surface area contributed by atoms with Gasteiger partial charge in [0.05, 0.1) is 4.92 Å². The second-order valence-corrected chi connectivity index (χ2v) is 5.52. The molecule has 1 aliphatic carbocycles. The van der Waals surface area contributed by atoms with E-state index in [1.807, 2.05) is 24.3 Å². The zero-order chi connectivity index (χ0) is 14.1. The summed E-state index contributed by atoms with van der Waals surface area (Å²) in [5, 5.41) is 12.5. The number of carbonyl (C=O) groups is 1. The first-order chi connectivity index (χ1) is 9.65. The van der Waals surface area contributed by atoms with Gasteiger partial charge in [-0.25, -0.2) is 0 Å². The quantitative estimate of drug-likeness (QED) is 0.478. The van der Waals surface area contributed by atoms with E-state index in [1.54, 1.807) is 11.5 Å². The average molecular weight is 285 g/mol. The number of Topliss-reactive ketones (excluding diaryl/α,β-unsaturated/α-hetero) is 1. The van der Waals surface area contributed by atoms with Gasteiger partial charge in [-0.15, -0.1) is 0 Å². The highest BCUT2D eigenvalue weighted by molar-refractivity contribution is 7.13. The SMILES string of the molecule is O=C1/C(=C\c2csc([N+](=O)[O-])c2)CCc2ccccc21. The number of aryl methyl sites for hydroxylation is 1. The van der Waals surface area contributed by atoms with Gasteiger partial charge >= 0.3 is 5.00 Å². The molecule has 2 aromatic rings. The van der Waals surface area contributed by atoms with Gasteiger partial charge in [-0.05, 0) is 30.0 Å². The van der Waals surface area contributed by atoms with Gasteiger partial charge in [0.2, 0.25) is 0 Å². The van der Waals surface area contributed by atoms with Crippen LogP contribution in [-0.2, 0) is 6.42 Å². The summed E-state index contributed by atoms with van der Waals surface area (Å²) in [7, 11) is 0. The van der Waals surface area contributed by atoms with Crippen molar-refractivity contribution < 1.29 is 9.72 Å². The Kier molecular flexibility index (Phi) is 3.20. The van der Waals surface area contributed by atoms with E-state index >= 15 is 0 Å². The molecule has 0 aliphatic heterocycles. The molecule has 0 fully saturated rings. The van der Waals surface area contributed by atoms with E-state index in [0.717, 1.165) is 40.0 Å². The van der Waals surface area contributed by atoms with E-state index in [9.17, 15) is 14.9 Å². The summed E-state index contributed by atoms with van der Waals surface area (Å²) in [5.74, 6) is 0.0284. The zero-order valence-corrected chi connectivity index (χ0v) is 11.4. The molecule has 1 heterocycles. The van der Waals surface area contributed by atoms with Crippen LogP contribution in [0.25, 0.3) is 6.08 Å². The Morgan fingerprint density at radius 3 is 2.80 bits per heavy atom. The number of thiophene rings is 1. The van der Waals surface area contributed by atoms with Crippen molar-refractivity contribution >= 4 is 28.2 Å². The van der Waals surface area contributed by atoms with Crippen molar-refractivity contribution in [2.24, 2.45) is 0 Å². The first-order valence-corrected chi connectivity index (χ1v) is 7.09. The summed E-state index contributed by atoms with van der Waals surface area (Å²) < 4.78 is 0. The first kappa shape index (κ1) is 12.7. The van der Waals surface area contributed by atoms with Gasteiger partial charge in [0.15, 0.2) is 5.78 Å². The monoisotopic (exact) mass is 285 g/mol. The van der Waals surface area contributed by atoms with Gasteiger partial charge in [0.25, 0.3) is 0 Å². The molecule has 0 bridgehead atoms.